The van der Waals surface area contributed by atoms with Crippen molar-refractivity contribution in [2.24, 2.45) is 0 Å². The Labute approximate surface area is 91.6 Å². The number of carbonyl (C=O) groups is 2. The van der Waals surface area contributed by atoms with Gasteiger partial charge in [0.15, 0.2) is 0 Å². The smallest absolute Gasteiger partial charge is 0.325 e. The lowest BCUT2D eigenvalue weighted by atomic mass is 10.3. The van der Waals surface area contributed by atoms with Crippen molar-refractivity contribution < 1.29 is 18.7 Å². The van der Waals surface area contributed by atoms with Crippen LogP contribution in [0.15, 0.2) is 24.3 Å². The molecule has 2 amide bonds. The van der Waals surface area contributed by atoms with Crippen molar-refractivity contribution in [3.63, 3.8) is 0 Å². The topological polar surface area (TPSA) is 67.4 Å². The summed E-state index contributed by atoms with van der Waals surface area (Å²) < 4.78 is 17.1. The largest absolute Gasteiger partial charge is 0.468 e. The molecule has 0 unspecified atom stereocenters. The fourth-order valence-electron chi connectivity index (χ4n) is 0.966. The first kappa shape index (κ1) is 12.0. The van der Waals surface area contributed by atoms with E-state index in [1.54, 1.807) is 0 Å². The van der Waals surface area contributed by atoms with Crippen molar-refractivity contribution in [1.82, 2.24) is 5.32 Å². The lowest BCUT2D eigenvalue weighted by Crippen LogP contribution is -2.33. The van der Waals surface area contributed by atoms with Crippen molar-refractivity contribution >= 4 is 17.7 Å². The number of hydrogen-bond acceptors (Lipinski definition) is 3. The molecule has 5 nitrogen and oxygen atoms in total. The zero-order valence-electron chi connectivity index (χ0n) is 8.62. The maximum Gasteiger partial charge on any atom is 0.325 e. The highest BCUT2D eigenvalue weighted by molar-refractivity contribution is 5.91. The van der Waals surface area contributed by atoms with Gasteiger partial charge in [-0.3, -0.25) is 4.79 Å². The summed E-state index contributed by atoms with van der Waals surface area (Å²) in [6.45, 7) is -0.238. The van der Waals surface area contributed by atoms with Gasteiger partial charge >= 0.3 is 12.0 Å². The van der Waals surface area contributed by atoms with Gasteiger partial charge in [-0.2, -0.15) is 0 Å². The molecular formula is C10H11FN2O3. The summed E-state index contributed by atoms with van der Waals surface area (Å²) in [5, 5.41) is 4.62. The van der Waals surface area contributed by atoms with Crippen molar-refractivity contribution in [3.8, 4) is 0 Å². The average Bonchev–Trinajstić information content (AvgIpc) is 2.26. The van der Waals surface area contributed by atoms with Gasteiger partial charge < -0.3 is 15.4 Å². The molecule has 1 aromatic carbocycles. The van der Waals surface area contributed by atoms with Crippen LogP contribution in [0.25, 0.3) is 0 Å². The summed E-state index contributed by atoms with van der Waals surface area (Å²) >= 11 is 0. The summed E-state index contributed by atoms with van der Waals surface area (Å²) in [7, 11) is 1.22. The number of anilines is 1. The molecule has 0 aliphatic rings. The quantitative estimate of drug-likeness (QED) is 0.759. The van der Waals surface area contributed by atoms with Crippen LogP contribution in [0.1, 0.15) is 0 Å². The van der Waals surface area contributed by atoms with E-state index in [1.807, 2.05) is 0 Å². The molecule has 0 radical (unpaired) electrons. The third-order valence-electron chi connectivity index (χ3n) is 1.70. The Bertz CT molecular complexity index is 395. The molecule has 0 aromatic heterocycles. The van der Waals surface area contributed by atoms with E-state index in [-0.39, 0.29) is 6.54 Å². The summed E-state index contributed by atoms with van der Waals surface area (Å²) in [5.41, 5.74) is 0.308. The Kier molecular flexibility index (Phi) is 4.26. The molecule has 0 aliphatic carbocycles. The van der Waals surface area contributed by atoms with E-state index in [0.29, 0.717) is 5.69 Å². The number of methoxy groups -OCH3 is 1. The average molecular weight is 226 g/mol. The molecule has 0 bridgehead atoms. The third kappa shape index (κ3) is 3.95. The molecular weight excluding hydrogens is 215 g/mol. The SMILES string of the molecule is COC(=O)CNC(=O)Nc1cccc(F)c1. The lowest BCUT2D eigenvalue weighted by Gasteiger charge is -2.06. The number of benzene rings is 1. The molecule has 1 aromatic rings. The number of urea groups is 1. The number of rotatable bonds is 3. The van der Waals surface area contributed by atoms with Crippen LogP contribution in [0.3, 0.4) is 0 Å². The third-order valence-corrected chi connectivity index (χ3v) is 1.70. The maximum absolute atomic E-state index is 12.7. The predicted octanol–water partition coefficient (Wildman–Crippen LogP) is 1.12. The highest BCUT2D eigenvalue weighted by Crippen LogP contribution is 2.08. The first-order valence-corrected chi connectivity index (χ1v) is 4.49. The molecule has 0 spiro atoms. The zero-order chi connectivity index (χ0) is 12.0. The van der Waals surface area contributed by atoms with Crippen LogP contribution in [0, 0.1) is 5.82 Å². The van der Waals surface area contributed by atoms with E-state index in [0.717, 1.165) is 6.07 Å². The van der Waals surface area contributed by atoms with Gasteiger partial charge in [0.05, 0.1) is 7.11 Å². The minimum absolute atomic E-state index is 0.238. The van der Waals surface area contributed by atoms with Gasteiger partial charge in [0.1, 0.15) is 12.4 Å². The number of hydrogen-bond donors (Lipinski definition) is 2. The normalized spacial score (nSPS) is 9.38. The first-order chi connectivity index (χ1) is 7.61. The van der Waals surface area contributed by atoms with Crippen molar-refractivity contribution in [1.29, 1.82) is 0 Å². The number of carbonyl (C=O) groups excluding carboxylic acids is 2. The molecule has 0 heterocycles. The Morgan fingerprint density at radius 2 is 2.19 bits per heavy atom. The molecule has 0 saturated heterocycles. The van der Waals surface area contributed by atoms with Crippen LogP contribution in [0.2, 0.25) is 0 Å². The minimum Gasteiger partial charge on any atom is -0.468 e. The minimum atomic E-state index is -0.601. The van der Waals surface area contributed by atoms with E-state index in [9.17, 15) is 14.0 Å². The van der Waals surface area contributed by atoms with E-state index in [1.165, 1.54) is 25.3 Å². The lowest BCUT2D eigenvalue weighted by molar-refractivity contribution is -0.139. The summed E-state index contributed by atoms with van der Waals surface area (Å²) in [5.74, 6) is -1.01. The highest BCUT2D eigenvalue weighted by atomic mass is 19.1. The second-order valence-electron chi connectivity index (χ2n) is 2.89. The molecule has 6 heteroatoms. The van der Waals surface area contributed by atoms with Gasteiger partial charge in [-0.05, 0) is 18.2 Å². The molecule has 0 atom stereocenters. The Morgan fingerprint density at radius 3 is 2.81 bits per heavy atom. The van der Waals surface area contributed by atoms with Gasteiger partial charge in [0.2, 0.25) is 0 Å². The van der Waals surface area contributed by atoms with E-state index in [4.69, 9.17) is 0 Å². The number of nitrogens with one attached hydrogen (secondary N) is 2. The fraction of sp³-hybridized carbons (Fsp3) is 0.200. The Hall–Kier alpha value is -2.11. The van der Waals surface area contributed by atoms with Crippen LogP contribution in [0.4, 0.5) is 14.9 Å². The number of ether oxygens (including phenoxy) is 1. The summed E-state index contributed by atoms with van der Waals surface area (Å²) in [6, 6.07) is 4.82. The Balaban J connectivity index is 2.43. The van der Waals surface area contributed by atoms with Crippen LogP contribution < -0.4 is 10.6 Å². The van der Waals surface area contributed by atoms with Gasteiger partial charge in [-0.25, -0.2) is 9.18 Å². The highest BCUT2D eigenvalue weighted by Gasteiger charge is 2.05. The second kappa shape index (κ2) is 5.69. The summed E-state index contributed by atoms with van der Waals surface area (Å²) in [6.07, 6.45) is 0. The first-order valence-electron chi connectivity index (χ1n) is 4.49. The number of amides is 2. The van der Waals surface area contributed by atoms with E-state index < -0.39 is 17.8 Å². The van der Waals surface area contributed by atoms with Gasteiger partial charge in [0.25, 0.3) is 0 Å². The van der Waals surface area contributed by atoms with Crippen molar-refractivity contribution in [2.75, 3.05) is 19.0 Å². The van der Waals surface area contributed by atoms with Crippen molar-refractivity contribution in [3.05, 3.63) is 30.1 Å². The predicted molar refractivity (Wildman–Crippen MR) is 55.4 cm³/mol. The van der Waals surface area contributed by atoms with Gasteiger partial charge in [0, 0.05) is 5.69 Å². The van der Waals surface area contributed by atoms with Crippen LogP contribution >= 0.6 is 0 Å². The molecule has 16 heavy (non-hydrogen) atoms. The van der Waals surface area contributed by atoms with Crippen molar-refractivity contribution in [2.45, 2.75) is 0 Å². The van der Waals surface area contributed by atoms with Crippen LogP contribution in [0.5, 0.6) is 0 Å². The number of halogens is 1. The van der Waals surface area contributed by atoms with Gasteiger partial charge in [-0.1, -0.05) is 6.07 Å². The fourth-order valence-corrected chi connectivity index (χ4v) is 0.966. The van der Waals surface area contributed by atoms with Crippen LogP contribution in [-0.2, 0) is 9.53 Å². The molecule has 1 rings (SSSR count). The standard InChI is InChI=1S/C10H11FN2O3/c1-16-9(14)6-12-10(15)13-8-4-2-3-7(11)5-8/h2-5H,6H2,1H3,(H2,12,13,15). The molecule has 86 valence electrons. The van der Waals surface area contributed by atoms with Crippen LogP contribution in [-0.4, -0.2) is 25.7 Å². The molecule has 0 saturated carbocycles. The van der Waals surface area contributed by atoms with E-state index >= 15 is 0 Å². The summed E-state index contributed by atoms with van der Waals surface area (Å²) in [4.78, 5) is 21.9. The van der Waals surface area contributed by atoms with E-state index in [2.05, 4.69) is 15.4 Å². The maximum atomic E-state index is 12.7. The van der Waals surface area contributed by atoms with Gasteiger partial charge in [-0.15, -0.1) is 0 Å². The monoisotopic (exact) mass is 226 g/mol. The molecule has 0 aliphatic heterocycles. The molecule has 2 N–H and O–H groups in total. The second-order valence-corrected chi connectivity index (χ2v) is 2.89. The molecule has 0 fully saturated rings. The number of esters is 1. The zero-order valence-corrected chi connectivity index (χ0v) is 8.62. The Morgan fingerprint density at radius 1 is 1.44 bits per heavy atom.